The number of phenols is 1. The molecule has 2 aromatic rings. The highest BCUT2D eigenvalue weighted by atomic mass is 16.3. The number of benzene rings is 2. The number of aromatic hydroxyl groups is 1. The van der Waals surface area contributed by atoms with E-state index < -0.39 is 57.9 Å². The maximum Gasteiger partial charge on any atom is 0.255 e. The molecule has 8 nitrogen and oxygen atoms in total. The van der Waals surface area contributed by atoms with E-state index in [1.807, 2.05) is 12.1 Å². The van der Waals surface area contributed by atoms with Crippen LogP contribution < -0.4 is 5.73 Å². The van der Waals surface area contributed by atoms with Crippen LogP contribution in [0.25, 0.3) is 16.9 Å². The third-order valence-corrected chi connectivity index (χ3v) is 10.1. The first-order valence-corrected chi connectivity index (χ1v) is 14.9. The number of amides is 1. The van der Waals surface area contributed by atoms with Crippen molar-refractivity contribution in [2.45, 2.75) is 64.4 Å². The van der Waals surface area contributed by atoms with Crippen LogP contribution in [0.1, 0.15) is 62.6 Å². The smallest absolute Gasteiger partial charge is 0.255 e. The molecule has 0 spiro atoms. The van der Waals surface area contributed by atoms with E-state index in [2.05, 4.69) is 12.1 Å². The Morgan fingerprint density at radius 2 is 1.69 bits per heavy atom. The molecule has 0 bridgehead atoms. The highest BCUT2D eigenvalue weighted by molar-refractivity contribution is 6.23. The van der Waals surface area contributed by atoms with Crippen LogP contribution in [0.3, 0.4) is 0 Å². The molecule has 0 radical (unpaired) electrons. The largest absolute Gasteiger partial charge is 0.508 e. The molecule has 0 aromatic heterocycles. The number of hydrogen-bond acceptors (Lipinski definition) is 7. The zero-order valence-corrected chi connectivity index (χ0v) is 23.9. The number of hydrogen-bond donors (Lipinski definition) is 5. The van der Waals surface area contributed by atoms with E-state index >= 15 is 0 Å². The van der Waals surface area contributed by atoms with Crippen LogP contribution in [-0.2, 0) is 27.2 Å². The average Bonchev–Trinajstić information content (AvgIpc) is 3.44. The Balaban J connectivity index is 1.45. The first-order valence-electron chi connectivity index (χ1n) is 14.9. The minimum atomic E-state index is -2.60. The van der Waals surface area contributed by atoms with Gasteiger partial charge >= 0.3 is 0 Å². The second kappa shape index (κ2) is 10.1. The van der Waals surface area contributed by atoms with Crippen molar-refractivity contribution in [3.8, 4) is 16.9 Å². The van der Waals surface area contributed by atoms with Crippen LogP contribution in [-0.4, -0.2) is 43.5 Å². The lowest BCUT2D eigenvalue weighted by Gasteiger charge is -2.50. The van der Waals surface area contributed by atoms with E-state index in [0.29, 0.717) is 5.56 Å². The first kappa shape index (κ1) is 28.2. The fourth-order valence-corrected chi connectivity index (χ4v) is 8.12. The third kappa shape index (κ3) is 4.10. The molecular formula is C34H37NO7. The van der Waals surface area contributed by atoms with E-state index in [4.69, 9.17) is 5.73 Å². The Bertz CT molecular complexity index is 1560. The number of Topliss-reactive ketones (excluding diaryl/α,β-unsaturated/α-hetero) is 2. The highest BCUT2D eigenvalue weighted by Crippen LogP contribution is 2.55. The molecule has 220 valence electrons. The van der Waals surface area contributed by atoms with Crippen molar-refractivity contribution in [3.05, 3.63) is 70.0 Å². The van der Waals surface area contributed by atoms with Crippen LogP contribution >= 0.6 is 0 Å². The van der Waals surface area contributed by atoms with Crippen molar-refractivity contribution in [2.24, 2.45) is 35.3 Å². The van der Waals surface area contributed by atoms with Gasteiger partial charge in [-0.1, -0.05) is 69.9 Å². The van der Waals surface area contributed by atoms with Crippen LogP contribution in [0.4, 0.5) is 0 Å². The maximum absolute atomic E-state index is 14.0. The number of rotatable bonds is 5. The topological polar surface area (TPSA) is 158 Å². The number of nitrogens with two attached hydrogens (primary N) is 1. The molecule has 0 saturated heterocycles. The lowest BCUT2D eigenvalue weighted by molar-refractivity contribution is -0.155. The predicted octanol–water partition coefficient (Wildman–Crippen LogP) is 4.71. The van der Waals surface area contributed by atoms with E-state index in [-0.39, 0.29) is 35.6 Å². The highest BCUT2D eigenvalue weighted by Gasteiger charge is 2.64. The van der Waals surface area contributed by atoms with Crippen molar-refractivity contribution in [2.75, 3.05) is 0 Å². The van der Waals surface area contributed by atoms with Gasteiger partial charge in [0.1, 0.15) is 22.8 Å². The number of phenolic OH excluding ortho intramolecular Hbond substituents is 1. The van der Waals surface area contributed by atoms with Crippen LogP contribution in [0.5, 0.6) is 5.75 Å². The fraction of sp³-hybridized carbons (Fsp3) is 0.441. The average molecular weight is 572 g/mol. The summed E-state index contributed by atoms with van der Waals surface area (Å²) in [5.41, 5.74) is 5.66. The van der Waals surface area contributed by atoms with Crippen molar-refractivity contribution < 1.29 is 34.8 Å². The van der Waals surface area contributed by atoms with Gasteiger partial charge in [0.15, 0.2) is 11.4 Å². The summed E-state index contributed by atoms with van der Waals surface area (Å²) < 4.78 is 0. The number of aliphatic hydroxyl groups is 3. The van der Waals surface area contributed by atoms with Gasteiger partial charge in [-0.05, 0) is 65.3 Å². The van der Waals surface area contributed by atoms with Gasteiger partial charge in [-0.2, -0.15) is 0 Å². The second-order valence-electron chi connectivity index (χ2n) is 12.9. The van der Waals surface area contributed by atoms with E-state index in [0.717, 1.165) is 23.5 Å². The van der Waals surface area contributed by atoms with Gasteiger partial charge in [0.25, 0.3) is 5.91 Å². The number of aliphatic hydroxyl groups excluding tert-OH is 2. The lowest BCUT2D eigenvalue weighted by Crippen LogP contribution is -2.62. The molecule has 4 aliphatic rings. The van der Waals surface area contributed by atoms with Gasteiger partial charge < -0.3 is 26.2 Å². The van der Waals surface area contributed by atoms with E-state index in [1.165, 1.54) is 37.3 Å². The molecule has 1 unspecified atom stereocenters. The fourth-order valence-electron chi connectivity index (χ4n) is 8.12. The van der Waals surface area contributed by atoms with Crippen molar-refractivity contribution in [1.29, 1.82) is 0 Å². The Kier molecular flexibility index (Phi) is 6.80. The van der Waals surface area contributed by atoms with Crippen LogP contribution in [0.2, 0.25) is 0 Å². The summed E-state index contributed by atoms with van der Waals surface area (Å²) in [6.45, 7) is 3.50. The molecule has 6 rings (SSSR count). The minimum Gasteiger partial charge on any atom is -0.508 e. The van der Waals surface area contributed by atoms with E-state index in [1.54, 1.807) is 19.9 Å². The SMILES string of the molecule is CC(C)C1C(=O)C(C(N)=O)=C(O)[C@]2(O)C(=O)C3=C(O)c4c(O)ccc(-c5ccc(CC6CCCC6)cc5)c4C[C@@H]3C[C@H]12. The molecule has 42 heavy (non-hydrogen) atoms. The van der Waals surface area contributed by atoms with E-state index in [9.17, 15) is 34.8 Å². The van der Waals surface area contributed by atoms with Gasteiger partial charge in [0, 0.05) is 17.4 Å². The molecule has 2 fully saturated rings. The zero-order valence-electron chi connectivity index (χ0n) is 23.9. The number of fused-ring (bicyclic) bond motifs is 3. The van der Waals surface area contributed by atoms with Crippen LogP contribution in [0, 0.1) is 29.6 Å². The zero-order chi connectivity index (χ0) is 30.1. The maximum atomic E-state index is 14.0. The predicted molar refractivity (Wildman–Crippen MR) is 156 cm³/mol. The van der Waals surface area contributed by atoms with Gasteiger partial charge in [0.2, 0.25) is 5.78 Å². The van der Waals surface area contributed by atoms with Crippen molar-refractivity contribution >= 4 is 23.2 Å². The summed E-state index contributed by atoms with van der Waals surface area (Å²) in [4.78, 5) is 39.5. The summed E-state index contributed by atoms with van der Waals surface area (Å²) in [5, 5.41) is 45.2. The molecule has 0 aliphatic heterocycles. The molecule has 0 heterocycles. The molecule has 4 aliphatic carbocycles. The molecule has 6 N–H and O–H groups in total. The Labute approximate surface area is 244 Å². The van der Waals surface area contributed by atoms with Crippen molar-refractivity contribution in [3.63, 3.8) is 0 Å². The second-order valence-corrected chi connectivity index (χ2v) is 12.9. The molecule has 8 heteroatoms. The summed E-state index contributed by atoms with van der Waals surface area (Å²) in [7, 11) is 0. The Morgan fingerprint density at radius 1 is 1.02 bits per heavy atom. The first-order chi connectivity index (χ1) is 19.9. The van der Waals surface area contributed by atoms with Crippen molar-refractivity contribution in [1.82, 2.24) is 0 Å². The molecule has 2 aromatic carbocycles. The summed E-state index contributed by atoms with van der Waals surface area (Å²) >= 11 is 0. The quantitative estimate of drug-likeness (QED) is 0.325. The Hall–Kier alpha value is -3.91. The number of primary amides is 1. The van der Waals surface area contributed by atoms with Gasteiger partial charge in [-0.15, -0.1) is 0 Å². The van der Waals surface area contributed by atoms with Gasteiger partial charge in [0.05, 0.1) is 5.56 Å². The molecular weight excluding hydrogens is 534 g/mol. The standard InChI is InChI=1S/C34H37NO7/c1-16(2)25-23-15-20-14-22-21(19-9-7-18(8-10-19)13-17-5-3-4-6-17)11-12-24(36)27(22)30(38)26(20)31(39)34(23,42)32(40)28(29(25)37)33(35)41/h7-12,16-17,20,23,25,36,38,40,42H,3-6,13-15H2,1-2H3,(H2,35,41)/t20-,23-,25?,34-/m1/s1. The Morgan fingerprint density at radius 3 is 2.31 bits per heavy atom. The lowest BCUT2D eigenvalue weighted by atomic mass is 9.54. The molecule has 4 atom stereocenters. The van der Waals surface area contributed by atoms with Crippen LogP contribution in [0.15, 0.2) is 53.3 Å². The number of carbonyl (C=O) groups is 3. The minimum absolute atomic E-state index is 0.0984. The molecule has 2 saturated carbocycles. The number of ketones is 2. The van der Waals surface area contributed by atoms with Gasteiger partial charge in [-0.3, -0.25) is 14.4 Å². The monoisotopic (exact) mass is 571 g/mol. The third-order valence-electron chi connectivity index (χ3n) is 10.1. The summed E-state index contributed by atoms with van der Waals surface area (Å²) in [6.07, 6.45) is 6.52. The number of carbonyl (C=O) groups excluding carboxylic acids is 3. The van der Waals surface area contributed by atoms with Gasteiger partial charge in [-0.25, -0.2) is 0 Å². The summed E-state index contributed by atoms with van der Waals surface area (Å²) in [6, 6.07) is 11.6. The normalized spacial score (nSPS) is 27.8. The molecule has 1 amide bonds. The summed E-state index contributed by atoms with van der Waals surface area (Å²) in [5.74, 6) is -6.87.